The van der Waals surface area contributed by atoms with E-state index in [-0.39, 0.29) is 27.9 Å². The molecule has 0 aliphatic heterocycles. The molecule has 0 bridgehead atoms. The van der Waals surface area contributed by atoms with E-state index < -0.39 is 20.9 Å². The molecule has 1 heterocycles. The van der Waals surface area contributed by atoms with Gasteiger partial charge in [0.05, 0.1) is 32.8 Å². The second-order valence-corrected chi connectivity index (χ2v) is 9.21. The second kappa shape index (κ2) is 9.73. The van der Waals surface area contributed by atoms with Gasteiger partial charge in [-0.05, 0) is 42.8 Å². The lowest BCUT2D eigenvalue weighted by Gasteiger charge is -2.17. The smallest absolute Gasteiger partial charge is 0.270 e. The molecule has 0 saturated carbocycles. The molecule has 12 heteroatoms. The number of benzene rings is 3. The van der Waals surface area contributed by atoms with E-state index in [1.165, 1.54) is 36.7 Å². The van der Waals surface area contributed by atoms with Gasteiger partial charge in [0, 0.05) is 12.1 Å². The molecule has 0 radical (unpaired) electrons. The van der Waals surface area contributed by atoms with Gasteiger partial charge >= 0.3 is 0 Å². The van der Waals surface area contributed by atoms with Crippen molar-refractivity contribution in [1.29, 1.82) is 0 Å². The van der Waals surface area contributed by atoms with Crippen LogP contribution in [0, 0.1) is 10.1 Å². The number of anilines is 1. The Morgan fingerprint density at radius 2 is 1.80 bits per heavy atom. The molecule has 0 spiro atoms. The van der Waals surface area contributed by atoms with Gasteiger partial charge in [-0.2, -0.15) is 5.10 Å². The first-order chi connectivity index (χ1) is 16.7. The summed E-state index contributed by atoms with van der Waals surface area (Å²) in [5.74, 6) is -0.491. The lowest BCUT2D eigenvalue weighted by Crippen LogP contribution is -2.28. The highest BCUT2D eigenvalue weighted by molar-refractivity contribution is 7.92. The van der Waals surface area contributed by atoms with Crippen LogP contribution < -0.4 is 10.0 Å². The van der Waals surface area contributed by atoms with Crippen LogP contribution in [0.1, 0.15) is 28.9 Å². The minimum Gasteiger partial charge on any atom is -0.345 e. The SMILES string of the molecule is CC(NC(=O)c1ccccc1NS(=O)(=O)c1cccc([N+](=O)[O-])c1)c1ccc(-n2cncn2)cc1. The van der Waals surface area contributed by atoms with Crippen molar-refractivity contribution in [3.63, 3.8) is 0 Å². The van der Waals surface area contributed by atoms with Crippen LogP contribution in [0.15, 0.2) is 90.3 Å². The molecule has 4 rings (SSSR count). The highest BCUT2D eigenvalue weighted by atomic mass is 32.2. The fraction of sp³-hybridized carbons (Fsp3) is 0.0870. The molecule has 178 valence electrons. The number of nitro groups is 1. The summed E-state index contributed by atoms with van der Waals surface area (Å²) in [6.45, 7) is 1.80. The molecule has 0 saturated heterocycles. The molecule has 1 unspecified atom stereocenters. The first-order valence-corrected chi connectivity index (χ1v) is 11.8. The number of non-ortho nitro benzene ring substituents is 1. The summed E-state index contributed by atoms with van der Waals surface area (Å²) in [5, 5.41) is 17.9. The molecule has 0 fully saturated rings. The predicted octanol–water partition coefficient (Wildman–Crippen LogP) is 3.47. The number of sulfonamides is 1. The standard InChI is InChI=1S/C23H20N6O5S/c1-16(17-9-11-18(12-10-17)28-15-24-14-25-28)26-23(30)21-7-2-3-8-22(21)27-35(33,34)20-6-4-5-19(13-20)29(31)32/h2-16,27H,1H3,(H,26,30). The molecular weight excluding hydrogens is 472 g/mol. The van der Waals surface area contributed by atoms with Gasteiger partial charge in [-0.3, -0.25) is 19.6 Å². The van der Waals surface area contributed by atoms with Crippen molar-refractivity contribution >= 4 is 27.3 Å². The molecule has 11 nitrogen and oxygen atoms in total. The van der Waals surface area contributed by atoms with Crippen LogP contribution in [-0.2, 0) is 10.0 Å². The van der Waals surface area contributed by atoms with Gasteiger partial charge in [-0.15, -0.1) is 0 Å². The highest BCUT2D eigenvalue weighted by Crippen LogP contribution is 2.24. The molecule has 0 aliphatic carbocycles. The van der Waals surface area contributed by atoms with Gasteiger partial charge < -0.3 is 5.32 Å². The quantitative estimate of drug-likeness (QED) is 0.282. The fourth-order valence-corrected chi connectivity index (χ4v) is 4.47. The zero-order chi connectivity index (χ0) is 25.0. The van der Waals surface area contributed by atoms with Crippen molar-refractivity contribution in [3.05, 3.63) is 107 Å². The van der Waals surface area contributed by atoms with Crippen LogP contribution in [0.5, 0.6) is 0 Å². The van der Waals surface area contributed by atoms with E-state index in [0.717, 1.165) is 17.3 Å². The number of nitro benzene ring substituents is 1. The van der Waals surface area contributed by atoms with E-state index in [9.17, 15) is 23.3 Å². The molecule has 4 aromatic rings. The Morgan fingerprint density at radius 1 is 1.06 bits per heavy atom. The van der Waals surface area contributed by atoms with Crippen LogP contribution in [0.4, 0.5) is 11.4 Å². The second-order valence-electron chi connectivity index (χ2n) is 7.53. The minimum absolute atomic E-state index is 0.0465. The minimum atomic E-state index is -4.18. The van der Waals surface area contributed by atoms with Crippen molar-refractivity contribution in [3.8, 4) is 5.69 Å². The Labute approximate surface area is 200 Å². The first-order valence-electron chi connectivity index (χ1n) is 10.4. The number of nitrogens with one attached hydrogen (secondary N) is 2. The van der Waals surface area contributed by atoms with Gasteiger partial charge in [0.2, 0.25) is 0 Å². The van der Waals surface area contributed by atoms with Crippen molar-refractivity contribution in [2.24, 2.45) is 0 Å². The predicted molar refractivity (Wildman–Crippen MR) is 128 cm³/mol. The van der Waals surface area contributed by atoms with Crippen molar-refractivity contribution in [2.45, 2.75) is 17.9 Å². The van der Waals surface area contributed by atoms with E-state index in [1.807, 2.05) is 24.3 Å². The van der Waals surface area contributed by atoms with E-state index in [0.29, 0.717) is 0 Å². The number of hydrogen-bond acceptors (Lipinski definition) is 7. The van der Waals surface area contributed by atoms with Crippen LogP contribution in [0.3, 0.4) is 0 Å². The molecule has 1 aromatic heterocycles. The summed E-state index contributed by atoms with van der Waals surface area (Å²) in [5.41, 5.74) is 1.43. The largest absolute Gasteiger partial charge is 0.345 e. The summed E-state index contributed by atoms with van der Waals surface area (Å²) in [7, 11) is -4.18. The average Bonchev–Trinajstić information content (AvgIpc) is 3.39. The van der Waals surface area contributed by atoms with Gasteiger partial charge in [0.25, 0.3) is 21.6 Å². The summed E-state index contributed by atoms with van der Waals surface area (Å²) in [4.78, 5) is 27.0. The molecular formula is C23H20N6O5S. The monoisotopic (exact) mass is 492 g/mol. The lowest BCUT2D eigenvalue weighted by molar-refractivity contribution is -0.385. The zero-order valence-electron chi connectivity index (χ0n) is 18.4. The van der Waals surface area contributed by atoms with Crippen LogP contribution in [0.2, 0.25) is 0 Å². The Kier molecular flexibility index (Phi) is 6.55. The summed E-state index contributed by atoms with van der Waals surface area (Å²) >= 11 is 0. The molecule has 35 heavy (non-hydrogen) atoms. The third-order valence-electron chi connectivity index (χ3n) is 5.18. The van der Waals surface area contributed by atoms with Crippen LogP contribution in [-0.4, -0.2) is 34.0 Å². The van der Waals surface area contributed by atoms with Crippen molar-refractivity contribution in [1.82, 2.24) is 20.1 Å². The highest BCUT2D eigenvalue weighted by Gasteiger charge is 2.21. The topological polar surface area (TPSA) is 149 Å². The van der Waals surface area contributed by atoms with E-state index in [4.69, 9.17) is 0 Å². The molecule has 2 N–H and O–H groups in total. The van der Waals surface area contributed by atoms with Crippen LogP contribution in [0.25, 0.3) is 5.69 Å². The lowest BCUT2D eigenvalue weighted by atomic mass is 10.1. The zero-order valence-corrected chi connectivity index (χ0v) is 19.2. The number of carbonyl (C=O) groups excluding carboxylic acids is 1. The first kappa shape index (κ1) is 23.6. The normalized spacial score (nSPS) is 12.0. The maximum Gasteiger partial charge on any atom is 0.270 e. The summed E-state index contributed by atoms with van der Waals surface area (Å²) in [6, 6.07) is 17.8. The molecule has 1 atom stereocenters. The molecule has 1 amide bonds. The Hall–Kier alpha value is -4.58. The van der Waals surface area contributed by atoms with Crippen molar-refractivity contribution < 1.29 is 18.1 Å². The summed E-state index contributed by atoms with van der Waals surface area (Å²) in [6.07, 6.45) is 3.01. The molecule has 3 aromatic carbocycles. The Morgan fingerprint density at radius 3 is 2.49 bits per heavy atom. The fourth-order valence-electron chi connectivity index (χ4n) is 3.35. The number of para-hydroxylation sites is 1. The number of amides is 1. The van der Waals surface area contributed by atoms with Gasteiger partial charge in [0.1, 0.15) is 12.7 Å². The molecule has 0 aliphatic rings. The van der Waals surface area contributed by atoms with Crippen molar-refractivity contribution in [2.75, 3.05) is 4.72 Å². The Bertz CT molecular complexity index is 1470. The van der Waals surface area contributed by atoms with Gasteiger partial charge in [0.15, 0.2) is 0 Å². The number of rotatable bonds is 8. The maximum absolute atomic E-state index is 13.0. The van der Waals surface area contributed by atoms with E-state index in [2.05, 4.69) is 20.1 Å². The number of carbonyl (C=O) groups is 1. The maximum atomic E-state index is 13.0. The average molecular weight is 493 g/mol. The Balaban J connectivity index is 1.52. The van der Waals surface area contributed by atoms with Gasteiger partial charge in [-0.1, -0.05) is 30.3 Å². The number of aromatic nitrogens is 3. The third-order valence-corrected chi connectivity index (χ3v) is 6.54. The van der Waals surface area contributed by atoms with E-state index in [1.54, 1.807) is 30.1 Å². The van der Waals surface area contributed by atoms with Crippen LogP contribution >= 0.6 is 0 Å². The summed E-state index contributed by atoms with van der Waals surface area (Å²) < 4.78 is 29.7. The third kappa shape index (κ3) is 5.33. The number of hydrogen-bond donors (Lipinski definition) is 2. The van der Waals surface area contributed by atoms with E-state index >= 15 is 0 Å². The number of nitrogens with zero attached hydrogens (tertiary/aromatic N) is 4. The van der Waals surface area contributed by atoms with Gasteiger partial charge in [-0.25, -0.2) is 18.1 Å².